The summed E-state index contributed by atoms with van der Waals surface area (Å²) in [5, 5.41) is 0. The summed E-state index contributed by atoms with van der Waals surface area (Å²) in [4.78, 5) is 5.40. The summed E-state index contributed by atoms with van der Waals surface area (Å²) in [7, 11) is 0. The van der Waals surface area contributed by atoms with Gasteiger partial charge in [-0.25, -0.2) is 0 Å². The molecule has 0 aromatic heterocycles. The first-order chi connectivity index (χ1) is 6.49. The first kappa shape index (κ1) is 13.2. The number of hydrogen-bond donors (Lipinski definition) is 1. The Morgan fingerprint density at radius 1 is 1.14 bits per heavy atom. The number of thiol groups is 1. The summed E-state index contributed by atoms with van der Waals surface area (Å²) in [5.41, 5.74) is 3.14. The summed E-state index contributed by atoms with van der Waals surface area (Å²) in [5.74, 6) is 0. The van der Waals surface area contributed by atoms with Gasteiger partial charge in [0.1, 0.15) is 0 Å². The predicted molar refractivity (Wildman–Crippen MR) is 69.0 cm³/mol. The van der Waals surface area contributed by atoms with Crippen LogP contribution in [0.5, 0.6) is 0 Å². The molecular weight excluding hydrogens is 190 g/mol. The predicted octanol–water partition coefficient (Wildman–Crippen LogP) is 4.15. The zero-order valence-electron chi connectivity index (χ0n) is 9.63. The van der Waals surface area contributed by atoms with Gasteiger partial charge in [0, 0.05) is 10.6 Å². The average Bonchev–Trinajstić information content (AvgIpc) is 2.09. The first-order valence-electron chi connectivity index (χ1n) is 4.70. The molecule has 0 aliphatic heterocycles. The minimum Gasteiger partial charge on any atom is -0.257 e. The number of hydrogen-bond acceptors (Lipinski definition) is 2. The third kappa shape index (κ3) is 5.07. The van der Waals surface area contributed by atoms with Crippen LogP contribution in [0.15, 0.2) is 39.4 Å². The smallest absolute Gasteiger partial charge is 0.0747 e. The third-order valence-corrected chi connectivity index (χ3v) is 1.80. The second-order valence-electron chi connectivity index (χ2n) is 3.37. The molecule has 0 radical (unpaired) electrons. The van der Waals surface area contributed by atoms with Gasteiger partial charge in [0.2, 0.25) is 0 Å². The van der Waals surface area contributed by atoms with E-state index in [9.17, 15) is 0 Å². The fourth-order valence-corrected chi connectivity index (χ4v) is 1.22. The Kier molecular flexibility index (Phi) is 6.30. The molecule has 0 unspecified atom stereocenters. The zero-order valence-corrected chi connectivity index (χ0v) is 10.5. The average molecular weight is 209 g/mol. The molecule has 0 aliphatic rings. The summed E-state index contributed by atoms with van der Waals surface area (Å²) in [6.07, 6.45) is 6.05. The summed E-state index contributed by atoms with van der Waals surface area (Å²) in [6.45, 7) is 9.97. The largest absolute Gasteiger partial charge is 0.257 e. The second kappa shape index (κ2) is 6.66. The molecule has 0 N–H and O–H groups in total. The van der Waals surface area contributed by atoms with E-state index in [-0.39, 0.29) is 0 Å². The Labute approximate surface area is 92.7 Å². The molecule has 0 aliphatic carbocycles. The van der Waals surface area contributed by atoms with Crippen LogP contribution in [0.1, 0.15) is 34.6 Å². The van der Waals surface area contributed by atoms with Gasteiger partial charge in [-0.15, -0.1) is 12.6 Å². The van der Waals surface area contributed by atoms with Gasteiger partial charge in [0.05, 0.1) is 5.70 Å². The van der Waals surface area contributed by atoms with Crippen molar-refractivity contribution in [2.75, 3.05) is 0 Å². The van der Waals surface area contributed by atoms with Crippen molar-refractivity contribution in [1.29, 1.82) is 0 Å². The molecule has 0 heterocycles. The molecule has 0 rings (SSSR count). The molecule has 0 atom stereocenters. The van der Waals surface area contributed by atoms with Crippen molar-refractivity contribution in [1.82, 2.24) is 0 Å². The Balaban J connectivity index is 5.07. The van der Waals surface area contributed by atoms with E-state index in [4.69, 9.17) is 0 Å². The molecule has 2 heteroatoms. The molecule has 78 valence electrons. The summed E-state index contributed by atoms with van der Waals surface area (Å²) in [6, 6.07) is 0. The van der Waals surface area contributed by atoms with E-state index in [1.165, 1.54) is 0 Å². The summed E-state index contributed by atoms with van der Waals surface area (Å²) >= 11 is 4.34. The van der Waals surface area contributed by atoms with Crippen LogP contribution in [0.25, 0.3) is 0 Å². The van der Waals surface area contributed by atoms with Crippen molar-refractivity contribution in [3.05, 3.63) is 34.4 Å². The van der Waals surface area contributed by atoms with Gasteiger partial charge in [0.15, 0.2) is 0 Å². The molecule has 0 aromatic carbocycles. The van der Waals surface area contributed by atoms with Crippen molar-refractivity contribution in [2.24, 2.45) is 4.99 Å². The fraction of sp³-hybridized carbons (Fsp3) is 0.417. The van der Waals surface area contributed by atoms with Crippen molar-refractivity contribution in [3.63, 3.8) is 0 Å². The highest BCUT2D eigenvalue weighted by Crippen LogP contribution is 2.18. The minimum absolute atomic E-state index is 0.949. The van der Waals surface area contributed by atoms with Crippen molar-refractivity contribution >= 4 is 18.3 Å². The monoisotopic (exact) mass is 209 g/mol. The lowest BCUT2D eigenvalue weighted by Crippen LogP contribution is -1.89. The lowest BCUT2D eigenvalue weighted by atomic mass is 10.2. The van der Waals surface area contributed by atoms with Crippen molar-refractivity contribution < 1.29 is 0 Å². The van der Waals surface area contributed by atoms with Gasteiger partial charge >= 0.3 is 0 Å². The second-order valence-corrected chi connectivity index (χ2v) is 4.04. The SMILES string of the molecule is C\C=C/C=C(C)/C(N=C(C)C)=C(\C)S. The van der Waals surface area contributed by atoms with E-state index in [2.05, 4.69) is 17.6 Å². The van der Waals surface area contributed by atoms with Gasteiger partial charge in [-0.05, 0) is 40.2 Å². The topological polar surface area (TPSA) is 12.4 Å². The van der Waals surface area contributed by atoms with E-state index in [1.807, 2.05) is 52.8 Å². The number of aliphatic imine (C=N–C) groups is 1. The Bertz CT molecular complexity index is 298. The molecule has 0 bridgehead atoms. The van der Waals surface area contributed by atoms with Crippen LogP contribution in [0.4, 0.5) is 0 Å². The molecule has 1 nitrogen and oxygen atoms in total. The van der Waals surface area contributed by atoms with E-state index in [1.54, 1.807) is 0 Å². The highest BCUT2D eigenvalue weighted by Gasteiger charge is 2.00. The van der Waals surface area contributed by atoms with Crippen LogP contribution in [0, 0.1) is 0 Å². The highest BCUT2D eigenvalue weighted by atomic mass is 32.1. The van der Waals surface area contributed by atoms with Gasteiger partial charge in [-0.3, -0.25) is 4.99 Å². The molecule has 0 fully saturated rings. The van der Waals surface area contributed by atoms with Crippen molar-refractivity contribution in [2.45, 2.75) is 34.6 Å². The Hall–Kier alpha value is -0.760. The van der Waals surface area contributed by atoms with E-state index < -0.39 is 0 Å². The fourth-order valence-electron chi connectivity index (χ4n) is 0.998. The standard InChI is InChI=1S/C12H19NS/c1-6-7-8-10(4)12(11(5)14)13-9(2)3/h6-8,14H,1-5H3/b7-6-,10-8+,12-11-. The van der Waals surface area contributed by atoms with Crippen molar-refractivity contribution in [3.8, 4) is 0 Å². The van der Waals surface area contributed by atoms with E-state index in [0.29, 0.717) is 0 Å². The maximum Gasteiger partial charge on any atom is 0.0747 e. The number of allylic oxidation sites excluding steroid dienone is 5. The normalized spacial score (nSPS) is 14.3. The maximum absolute atomic E-state index is 4.45. The first-order valence-corrected chi connectivity index (χ1v) is 5.15. The van der Waals surface area contributed by atoms with Gasteiger partial charge in [-0.2, -0.15) is 0 Å². The van der Waals surface area contributed by atoms with Crippen LogP contribution in [-0.2, 0) is 0 Å². The molecule has 0 amide bonds. The Morgan fingerprint density at radius 2 is 1.71 bits per heavy atom. The van der Waals surface area contributed by atoms with Crippen LogP contribution < -0.4 is 0 Å². The maximum atomic E-state index is 4.45. The molecule has 0 saturated carbocycles. The van der Waals surface area contributed by atoms with Gasteiger partial charge < -0.3 is 0 Å². The molecular formula is C12H19NS. The van der Waals surface area contributed by atoms with Crippen LogP contribution in [0.2, 0.25) is 0 Å². The minimum atomic E-state index is 0.949. The molecule has 14 heavy (non-hydrogen) atoms. The van der Waals surface area contributed by atoms with E-state index in [0.717, 1.165) is 21.9 Å². The Morgan fingerprint density at radius 3 is 2.07 bits per heavy atom. The van der Waals surface area contributed by atoms with Gasteiger partial charge in [-0.1, -0.05) is 18.2 Å². The molecule has 0 aromatic rings. The van der Waals surface area contributed by atoms with Gasteiger partial charge in [0.25, 0.3) is 0 Å². The quantitative estimate of drug-likeness (QED) is 0.407. The summed E-state index contributed by atoms with van der Waals surface area (Å²) < 4.78 is 0. The lowest BCUT2D eigenvalue weighted by molar-refractivity contribution is 1.25. The number of rotatable bonds is 3. The highest BCUT2D eigenvalue weighted by molar-refractivity contribution is 7.84. The molecule has 0 saturated heterocycles. The number of nitrogens with zero attached hydrogens (tertiary/aromatic N) is 1. The lowest BCUT2D eigenvalue weighted by Gasteiger charge is -2.04. The molecule has 0 spiro atoms. The van der Waals surface area contributed by atoms with Crippen LogP contribution >= 0.6 is 12.6 Å². The zero-order chi connectivity index (χ0) is 11.1. The van der Waals surface area contributed by atoms with Crippen LogP contribution in [0.3, 0.4) is 0 Å². The van der Waals surface area contributed by atoms with E-state index >= 15 is 0 Å². The van der Waals surface area contributed by atoms with Crippen LogP contribution in [-0.4, -0.2) is 5.71 Å². The third-order valence-electron chi connectivity index (χ3n) is 1.59.